The van der Waals surface area contributed by atoms with Crippen molar-refractivity contribution in [2.24, 2.45) is 0 Å². The molecular weight excluding hydrogens is 218 g/mol. The van der Waals surface area contributed by atoms with Crippen molar-refractivity contribution in [2.75, 3.05) is 7.05 Å². The summed E-state index contributed by atoms with van der Waals surface area (Å²) in [5.41, 5.74) is 2.73. The minimum atomic E-state index is -0.710. The summed E-state index contributed by atoms with van der Waals surface area (Å²) in [6.07, 6.45) is 0. The number of imide groups is 1. The average Bonchev–Trinajstić information content (AvgIpc) is 2.48. The van der Waals surface area contributed by atoms with Gasteiger partial charge in [-0.15, -0.1) is 0 Å². The molecule has 1 saturated heterocycles. The van der Waals surface area contributed by atoms with E-state index in [4.69, 9.17) is 0 Å². The molecule has 1 aromatic rings. The Kier molecular flexibility index (Phi) is 2.63. The third-order valence-electron chi connectivity index (χ3n) is 2.70. The number of rotatable bonds is 1. The van der Waals surface area contributed by atoms with Crippen LogP contribution in [0.4, 0.5) is 4.79 Å². The number of carbonyl (C=O) groups excluding carboxylic acids is 2. The van der Waals surface area contributed by atoms with Crippen LogP contribution < -0.4 is 5.43 Å². The van der Waals surface area contributed by atoms with Gasteiger partial charge in [0.2, 0.25) is 0 Å². The Labute approximate surface area is 100.0 Å². The van der Waals surface area contributed by atoms with Crippen LogP contribution in [-0.2, 0) is 0 Å². The largest absolute Gasteiger partial charge is 0.342 e. The number of hydrogen-bond donors (Lipinski definition) is 1. The summed E-state index contributed by atoms with van der Waals surface area (Å²) < 4.78 is 0. The van der Waals surface area contributed by atoms with Gasteiger partial charge in [-0.25, -0.2) is 15.1 Å². The molecule has 1 heterocycles. The second-order valence-electron chi connectivity index (χ2n) is 4.52. The van der Waals surface area contributed by atoms with E-state index in [2.05, 4.69) is 5.43 Å². The Morgan fingerprint density at radius 1 is 1.24 bits per heavy atom. The van der Waals surface area contributed by atoms with Gasteiger partial charge in [0.15, 0.2) is 0 Å². The zero-order valence-electron chi connectivity index (χ0n) is 10.1. The summed E-state index contributed by atoms with van der Waals surface area (Å²) in [7, 11) is 1.60. The van der Waals surface area contributed by atoms with Crippen LogP contribution in [0.25, 0.3) is 0 Å². The minimum absolute atomic E-state index is 0.294. The van der Waals surface area contributed by atoms with Crippen LogP contribution in [0.5, 0.6) is 0 Å². The molecule has 0 saturated carbocycles. The topological polar surface area (TPSA) is 52.6 Å². The van der Waals surface area contributed by atoms with Crippen molar-refractivity contribution >= 4 is 11.9 Å². The molecular formula is C12H15N3O2. The fourth-order valence-corrected chi connectivity index (χ4v) is 1.95. The number of nitrogens with one attached hydrogen (secondary N) is 1. The summed E-state index contributed by atoms with van der Waals surface area (Å²) >= 11 is 0. The van der Waals surface area contributed by atoms with Gasteiger partial charge in [0.25, 0.3) is 5.91 Å². The summed E-state index contributed by atoms with van der Waals surface area (Å²) in [5, 5.41) is 1.32. The maximum absolute atomic E-state index is 12.3. The van der Waals surface area contributed by atoms with Gasteiger partial charge in [0.05, 0.1) is 0 Å². The number of hydrogen-bond acceptors (Lipinski definition) is 3. The molecule has 5 heteroatoms. The van der Waals surface area contributed by atoms with Crippen LogP contribution in [0.3, 0.4) is 0 Å². The third-order valence-corrected chi connectivity index (χ3v) is 2.70. The molecule has 0 radical (unpaired) electrons. The van der Waals surface area contributed by atoms with Crippen LogP contribution >= 0.6 is 0 Å². The standard InChI is InChI=1S/C12H15N3O2/c1-12(2)13-14(3)11(17)15(12)10(16)9-7-5-4-6-8-9/h4-8,13H,1-3H3. The molecule has 5 nitrogen and oxygen atoms in total. The molecule has 0 spiro atoms. The summed E-state index contributed by atoms with van der Waals surface area (Å²) in [6, 6.07) is 8.44. The first kappa shape index (κ1) is 11.6. The molecule has 17 heavy (non-hydrogen) atoms. The Bertz CT molecular complexity index is 456. The van der Waals surface area contributed by atoms with Crippen LogP contribution in [-0.4, -0.2) is 34.6 Å². The second-order valence-corrected chi connectivity index (χ2v) is 4.52. The predicted molar refractivity (Wildman–Crippen MR) is 63.0 cm³/mol. The van der Waals surface area contributed by atoms with Gasteiger partial charge >= 0.3 is 6.03 Å². The lowest BCUT2D eigenvalue weighted by molar-refractivity contribution is 0.0688. The molecule has 0 aliphatic carbocycles. The Hall–Kier alpha value is -1.88. The normalized spacial score (nSPS) is 18.6. The van der Waals surface area contributed by atoms with Gasteiger partial charge in [0.1, 0.15) is 5.66 Å². The maximum Gasteiger partial charge on any atom is 0.342 e. The number of nitrogens with zero attached hydrogens (tertiary/aromatic N) is 2. The highest BCUT2D eigenvalue weighted by atomic mass is 16.2. The Morgan fingerprint density at radius 3 is 2.29 bits per heavy atom. The van der Waals surface area contributed by atoms with Gasteiger partial charge in [-0.05, 0) is 26.0 Å². The number of benzene rings is 1. The van der Waals surface area contributed by atoms with Crippen molar-refractivity contribution in [2.45, 2.75) is 19.5 Å². The fraction of sp³-hybridized carbons (Fsp3) is 0.333. The highest BCUT2D eigenvalue weighted by Crippen LogP contribution is 2.22. The summed E-state index contributed by atoms with van der Waals surface area (Å²) in [4.78, 5) is 25.4. The van der Waals surface area contributed by atoms with E-state index in [-0.39, 0.29) is 11.9 Å². The van der Waals surface area contributed by atoms with E-state index < -0.39 is 5.66 Å². The average molecular weight is 233 g/mol. The molecule has 0 aromatic heterocycles. The lowest BCUT2D eigenvalue weighted by Crippen LogP contribution is -2.50. The molecule has 2 rings (SSSR count). The van der Waals surface area contributed by atoms with E-state index in [0.717, 1.165) is 0 Å². The van der Waals surface area contributed by atoms with Crippen molar-refractivity contribution in [3.05, 3.63) is 35.9 Å². The van der Waals surface area contributed by atoms with E-state index in [1.54, 1.807) is 45.2 Å². The van der Waals surface area contributed by atoms with E-state index in [0.29, 0.717) is 5.56 Å². The van der Waals surface area contributed by atoms with E-state index in [1.165, 1.54) is 9.91 Å². The molecule has 1 aliphatic rings. The van der Waals surface area contributed by atoms with Crippen LogP contribution in [0.1, 0.15) is 24.2 Å². The van der Waals surface area contributed by atoms with Gasteiger partial charge < -0.3 is 0 Å². The fourth-order valence-electron chi connectivity index (χ4n) is 1.95. The zero-order chi connectivity index (χ0) is 12.6. The third kappa shape index (κ3) is 1.89. The minimum Gasteiger partial charge on any atom is -0.268 e. The van der Waals surface area contributed by atoms with Crippen molar-refractivity contribution in [1.82, 2.24) is 15.3 Å². The lowest BCUT2D eigenvalue weighted by atomic mass is 10.1. The highest BCUT2D eigenvalue weighted by molar-refractivity contribution is 6.05. The highest BCUT2D eigenvalue weighted by Gasteiger charge is 2.45. The van der Waals surface area contributed by atoms with Gasteiger partial charge in [-0.1, -0.05) is 18.2 Å². The molecule has 90 valence electrons. The van der Waals surface area contributed by atoms with Crippen LogP contribution in [0.15, 0.2) is 30.3 Å². The molecule has 0 bridgehead atoms. The predicted octanol–water partition coefficient (Wildman–Crippen LogP) is 1.43. The molecule has 1 aromatic carbocycles. The smallest absolute Gasteiger partial charge is 0.268 e. The number of amides is 3. The molecule has 1 fully saturated rings. The van der Waals surface area contributed by atoms with Crippen molar-refractivity contribution in [1.29, 1.82) is 0 Å². The Morgan fingerprint density at radius 2 is 1.82 bits per heavy atom. The van der Waals surface area contributed by atoms with E-state index >= 15 is 0 Å². The van der Waals surface area contributed by atoms with E-state index in [1.807, 2.05) is 6.07 Å². The SMILES string of the molecule is CN1NC(C)(C)N(C(=O)c2ccccc2)C1=O. The number of hydrazine groups is 1. The van der Waals surface area contributed by atoms with Gasteiger partial charge in [-0.2, -0.15) is 0 Å². The number of carbonyl (C=O) groups is 2. The molecule has 1 aliphatic heterocycles. The first-order valence-electron chi connectivity index (χ1n) is 5.38. The zero-order valence-corrected chi connectivity index (χ0v) is 10.1. The first-order valence-corrected chi connectivity index (χ1v) is 5.38. The van der Waals surface area contributed by atoms with Crippen LogP contribution in [0.2, 0.25) is 0 Å². The molecule has 0 unspecified atom stereocenters. The molecule has 0 atom stereocenters. The Balaban J connectivity index is 2.34. The van der Waals surface area contributed by atoms with E-state index in [9.17, 15) is 9.59 Å². The van der Waals surface area contributed by atoms with Crippen molar-refractivity contribution in [3.63, 3.8) is 0 Å². The first-order chi connectivity index (χ1) is 7.93. The van der Waals surface area contributed by atoms with Gasteiger partial charge in [0, 0.05) is 12.6 Å². The quantitative estimate of drug-likeness (QED) is 0.798. The monoisotopic (exact) mass is 233 g/mol. The second kappa shape index (κ2) is 3.85. The molecule has 3 amide bonds. The van der Waals surface area contributed by atoms with Crippen molar-refractivity contribution in [3.8, 4) is 0 Å². The van der Waals surface area contributed by atoms with Crippen molar-refractivity contribution < 1.29 is 9.59 Å². The summed E-state index contributed by atoms with van der Waals surface area (Å²) in [5.74, 6) is -0.294. The number of urea groups is 1. The lowest BCUT2D eigenvalue weighted by Gasteiger charge is -2.27. The van der Waals surface area contributed by atoms with Gasteiger partial charge in [-0.3, -0.25) is 9.80 Å². The maximum atomic E-state index is 12.3. The molecule has 1 N–H and O–H groups in total. The van der Waals surface area contributed by atoms with Crippen LogP contribution in [0, 0.1) is 0 Å². The summed E-state index contributed by atoms with van der Waals surface area (Å²) in [6.45, 7) is 3.57.